The van der Waals surface area contributed by atoms with Crippen molar-refractivity contribution in [1.29, 1.82) is 0 Å². The van der Waals surface area contributed by atoms with Crippen LogP contribution in [0.5, 0.6) is 0 Å². The maximum absolute atomic E-state index is 12.6. The molecule has 0 aliphatic carbocycles. The molecule has 1 saturated heterocycles. The summed E-state index contributed by atoms with van der Waals surface area (Å²) in [5.74, 6) is 0.0699. The Labute approximate surface area is 132 Å². The quantitative estimate of drug-likeness (QED) is 0.908. The normalized spacial score (nSPS) is 16.4. The molecule has 1 aromatic carbocycles. The topological polar surface area (TPSA) is 49.4 Å². The van der Waals surface area contributed by atoms with Gasteiger partial charge in [0, 0.05) is 13.1 Å². The first-order valence-electron chi connectivity index (χ1n) is 8.20. The Balaban J connectivity index is 1.95. The average Bonchev–Trinajstić information content (AvgIpc) is 2.53. The van der Waals surface area contributed by atoms with Gasteiger partial charge in [0.05, 0.1) is 6.42 Å². The monoisotopic (exact) mass is 302 g/mol. The fourth-order valence-electron chi connectivity index (χ4n) is 2.83. The molecule has 1 heterocycles. The highest BCUT2D eigenvalue weighted by molar-refractivity contribution is 5.88. The second kappa shape index (κ2) is 7.97. The van der Waals surface area contributed by atoms with Gasteiger partial charge in [-0.15, -0.1) is 0 Å². The Morgan fingerprint density at radius 2 is 1.73 bits per heavy atom. The molecule has 0 saturated carbocycles. The molecule has 2 rings (SSSR count). The number of hydrogen-bond donors (Lipinski definition) is 1. The minimum Gasteiger partial charge on any atom is -0.344 e. The van der Waals surface area contributed by atoms with Gasteiger partial charge in [-0.05, 0) is 30.7 Å². The first-order chi connectivity index (χ1) is 10.6. The second-order valence-electron chi connectivity index (χ2n) is 6.34. The van der Waals surface area contributed by atoms with E-state index < -0.39 is 6.04 Å². The Morgan fingerprint density at radius 3 is 2.32 bits per heavy atom. The van der Waals surface area contributed by atoms with Crippen molar-refractivity contribution in [3.63, 3.8) is 0 Å². The molecule has 0 aromatic heterocycles. The highest BCUT2D eigenvalue weighted by atomic mass is 16.2. The van der Waals surface area contributed by atoms with Crippen LogP contribution in [0.4, 0.5) is 0 Å². The van der Waals surface area contributed by atoms with Gasteiger partial charge in [0.25, 0.3) is 0 Å². The molecule has 0 unspecified atom stereocenters. The van der Waals surface area contributed by atoms with Gasteiger partial charge in [-0.2, -0.15) is 0 Å². The van der Waals surface area contributed by atoms with E-state index in [-0.39, 0.29) is 17.7 Å². The molecule has 0 spiro atoms. The zero-order valence-corrected chi connectivity index (χ0v) is 13.5. The number of carbonyl (C=O) groups excluding carboxylic acids is 2. The van der Waals surface area contributed by atoms with Crippen molar-refractivity contribution >= 4 is 11.8 Å². The van der Waals surface area contributed by atoms with E-state index in [9.17, 15) is 9.59 Å². The molecular weight excluding hydrogens is 276 g/mol. The SMILES string of the molecule is CC(C)[C@@H](NC(=O)Cc1ccccc1)C(=O)N1CCCCC1. The molecule has 120 valence electrons. The predicted octanol–water partition coefficient (Wildman–Crippen LogP) is 2.38. The summed E-state index contributed by atoms with van der Waals surface area (Å²) in [4.78, 5) is 26.8. The maximum Gasteiger partial charge on any atom is 0.245 e. The first-order valence-corrected chi connectivity index (χ1v) is 8.20. The lowest BCUT2D eigenvalue weighted by Crippen LogP contribution is -2.52. The van der Waals surface area contributed by atoms with Crippen LogP contribution in [0.2, 0.25) is 0 Å². The van der Waals surface area contributed by atoms with E-state index in [0.29, 0.717) is 6.42 Å². The summed E-state index contributed by atoms with van der Waals surface area (Å²) < 4.78 is 0. The fourth-order valence-corrected chi connectivity index (χ4v) is 2.83. The van der Waals surface area contributed by atoms with E-state index >= 15 is 0 Å². The average molecular weight is 302 g/mol. The fraction of sp³-hybridized carbons (Fsp3) is 0.556. The summed E-state index contributed by atoms with van der Waals surface area (Å²) in [7, 11) is 0. The zero-order chi connectivity index (χ0) is 15.9. The standard InChI is InChI=1S/C18H26N2O2/c1-14(2)17(18(22)20-11-7-4-8-12-20)19-16(21)13-15-9-5-3-6-10-15/h3,5-6,9-10,14,17H,4,7-8,11-13H2,1-2H3,(H,19,21)/t17-/m1/s1. The Kier molecular flexibility index (Phi) is 5.99. The summed E-state index contributed by atoms with van der Waals surface area (Å²) in [5, 5.41) is 2.93. The molecular formula is C18H26N2O2. The van der Waals surface area contributed by atoms with Crippen LogP contribution in [0, 0.1) is 5.92 Å². The third-order valence-electron chi connectivity index (χ3n) is 4.12. The predicted molar refractivity (Wildman–Crippen MR) is 87.3 cm³/mol. The zero-order valence-electron chi connectivity index (χ0n) is 13.5. The van der Waals surface area contributed by atoms with Crippen molar-refractivity contribution in [2.24, 2.45) is 5.92 Å². The van der Waals surface area contributed by atoms with Gasteiger partial charge in [-0.25, -0.2) is 0 Å². The molecule has 1 aromatic rings. The van der Waals surface area contributed by atoms with Crippen LogP contribution < -0.4 is 5.32 Å². The number of carbonyl (C=O) groups is 2. The Bertz CT molecular complexity index is 493. The molecule has 2 amide bonds. The Hall–Kier alpha value is -1.84. The van der Waals surface area contributed by atoms with Crippen LogP contribution in [0.3, 0.4) is 0 Å². The number of likely N-dealkylation sites (tertiary alicyclic amines) is 1. The molecule has 1 atom stereocenters. The summed E-state index contributed by atoms with van der Waals surface area (Å²) in [5.41, 5.74) is 0.966. The first kappa shape index (κ1) is 16.5. The minimum absolute atomic E-state index is 0.0658. The molecule has 1 aliphatic rings. The van der Waals surface area contributed by atoms with Crippen molar-refractivity contribution in [3.05, 3.63) is 35.9 Å². The number of nitrogens with one attached hydrogen (secondary N) is 1. The van der Waals surface area contributed by atoms with E-state index in [1.807, 2.05) is 49.1 Å². The molecule has 4 nitrogen and oxygen atoms in total. The van der Waals surface area contributed by atoms with Gasteiger partial charge >= 0.3 is 0 Å². The molecule has 1 fully saturated rings. The van der Waals surface area contributed by atoms with E-state index in [4.69, 9.17) is 0 Å². The maximum atomic E-state index is 12.6. The van der Waals surface area contributed by atoms with E-state index in [1.165, 1.54) is 6.42 Å². The van der Waals surface area contributed by atoms with Crippen LogP contribution >= 0.6 is 0 Å². The number of amides is 2. The van der Waals surface area contributed by atoms with Gasteiger partial charge in [-0.3, -0.25) is 9.59 Å². The lowest BCUT2D eigenvalue weighted by atomic mass is 10.0. The lowest BCUT2D eigenvalue weighted by molar-refractivity contribution is -0.138. The van der Waals surface area contributed by atoms with Crippen LogP contribution in [0.25, 0.3) is 0 Å². The number of hydrogen-bond acceptors (Lipinski definition) is 2. The summed E-state index contributed by atoms with van der Waals surface area (Å²) in [6.07, 6.45) is 3.64. The molecule has 0 bridgehead atoms. The van der Waals surface area contributed by atoms with Gasteiger partial charge in [-0.1, -0.05) is 44.2 Å². The van der Waals surface area contributed by atoms with Crippen LogP contribution in [0.15, 0.2) is 30.3 Å². The third kappa shape index (κ3) is 4.58. The van der Waals surface area contributed by atoms with Gasteiger partial charge in [0.1, 0.15) is 6.04 Å². The van der Waals surface area contributed by atoms with Crippen molar-refractivity contribution in [3.8, 4) is 0 Å². The third-order valence-corrected chi connectivity index (χ3v) is 4.12. The highest BCUT2D eigenvalue weighted by Gasteiger charge is 2.29. The molecule has 22 heavy (non-hydrogen) atoms. The van der Waals surface area contributed by atoms with Crippen molar-refractivity contribution in [1.82, 2.24) is 10.2 Å². The smallest absolute Gasteiger partial charge is 0.245 e. The molecule has 1 N–H and O–H groups in total. The number of rotatable bonds is 5. The highest BCUT2D eigenvalue weighted by Crippen LogP contribution is 2.13. The van der Waals surface area contributed by atoms with Crippen molar-refractivity contribution in [2.45, 2.75) is 45.6 Å². The summed E-state index contributed by atoms with van der Waals surface area (Å²) >= 11 is 0. The van der Waals surface area contributed by atoms with E-state index in [1.54, 1.807) is 0 Å². The van der Waals surface area contributed by atoms with Crippen LogP contribution in [-0.4, -0.2) is 35.8 Å². The number of piperidine rings is 1. The van der Waals surface area contributed by atoms with Crippen molar-refractivity contribution < 1.29 is 9.59 Å². The van der Waals surface area contributed by atoms with Gasteiger partial charge in [0.15, 0.2) is 0 Å². The lowest BCUT2D eigenvalue weighted by Gasteiger charge is -2.32. The molecule has 0 radical (unpaired) electrons. The largest absolute Gasteiger partial charge is 0.344 e. The summed E-state index contributed by atoms with van der Waals surface area (Å²) in [6, 6.07) is 9.20. The Morgan fingerprint density at radius 1 is 1.09 bits per heavy atom. The molecule has 1 aliphatic heterocycles. The number of benzene rings is 1. The second-order valence-corrected chi connectivity index (χ2v) is 6.34. The van der Waals surface area contributed by atoms with E-state index in [0.717, 1.165) is 31.5 Å². The number of nitrogens with zero attached hydrogens (tertiary/aromatic N) is 1. The van der Waals surface area contributed by atoms with Crippen LogP contribution in [-0.2, 0) is 16.0 Å². The molecule has 4 heteroatoms. The van der Waals surface area contributed by atoms with Gasteiger partial charge in [0.2, 0.25) is 11.8 Å². The van der Waals surface area contributed by atoms with Crippen LogP contribution in [0.1, 0.15) is 38.7 Å². The minimum atomic E-state index is -0.422. The van der Waals surface area contributed by atoms with E-state index in [2.05, 4.69) is 5.32 Å². The van der Waals surface area contributed by atoms with Crippen molar-refractivity contribution in [2.75, 3.05) is 13.1 Å². The van der Waals surface area contributed by atoms with Gasteiger partial charge < -0.3 is 10.2 Å². The summed E-state index contributed by atoms with van der Waals surface area (Å²) in [6.45, 7) is 5.60.